The van der Waals surface area contributed by atoms with Crippen LogP contribution in [0.2, 0.25) is 0 Å². The highest BCUT2D eigenvalue weighted by molar-refractivity contribution is 5.85. The number of rotatable bonds is 4. The molecule has 1 saturated heterocycles. The molecule has 146 valence electrons. The maximum Gasteiger partial charge on any atom is 0.138 e. The third kappa shape index (κ3) is 3.92. The lowest BCUT2D eigenvalue weighted by molar-refractivity contribution is 0.338. The zero-order valence-corrected chi connectivity index (χ0v) is 16.4. The molecule has 0 atom stereocenters. The van der Waals surface area contributed by atoms with Crippen molar-refractivity contribution in [3.63, 3.8) is 0 Å². The molecule has 0 aromatic carbocycles. The summed E-state index contributed by atoms with van der Waals surface area (Å²) in [7, 11) is 1.50. The summed E-state index contributed by atoms with van der Waals surface area (Å²) in [6, 6.07) is 8.31. The molecule has 4 heterocycles. The van der Waals surface area contributed by atoms with Crippen molar-refractivity contribution in [1.82, 2.24) is 14.6 Å². The molecule has 3 aromatic heterocycles. The van der Waals surface area contributed by atoms with Gasteiger partial charge < -0.3 is 15.4 Å². The Kier molecular flexibility index (Phi) is 6.45. The van der Waals surface area contributed by atoms with Crippen LogP contribution in [0.3, 0.4) is 0 Å². The molecule has 7 nitrogen and oxygen atoms in total. The van der Waals surface area contributed by atoms with Gasteiger partial charge in [-0.2, -0.15) is 10.4 Å². The van der Waals surface area contributed by atoms with E-state index >= 15 is 0 Å². The first-order valence-electron chi connectivity index (χ1n) is 9.63. The largest absolute Gasteiger partial charge is 0.492 e. The van der Waals surface area contributed by atoms with Crippen molar-refractivity contribution in [2.24, 2.45) is 5.73 Å². The maximum atomic E-state index is 9.43. The van der Waals surface area contributed by atoms with Crippen LogP contribution in [0, 0.1) is 11.3 Å². The van der Waals surface area contributed by atoms with Crippen LogP contribution in [-0.2, 0) is 0 Å². The number of nitrogens with zero attached hydrogens (tertiary/aromatic N) is 5. The van der Waals surface area contributed by atoms with Crippen LogP contribution in [0.1, 0.15) is 31.7 Å². The van der Waals surface area contributed by atoms with E-state index in [2.05, 4.69) is 38.9 Å². The van der Waals surface area contributed by atoms with Gasteiger partial charge in [0.25, 0.3) is 0 Å². The van der Waals surface area contributed by atoms with Gasteiger partial charge in [-0.05, 0) is 51.4 Å². The molecule has 0 amide bonds. The van der Waals surface area contributed by atoms with Gasteiger partial charge in [0.05, 0.1) is 30.1 Å². The number of hydrogen-bond acceptors (Lipinski definition) is 6. The van der Waals surface area contributed by atoms with Crippen molar-refractivity contribution >= 4 is 11.3 Å². The van der Waals surface area contributed by atoms with E-state index in [9.17, 15) is 5.26 Å². The Labute approximate surface area is 165 Å². The Balaban J connectivity index is 0.00000109. The lowest BCUT2D eigenvalue weighted by atomic mass is 10.0. The van der Waals surface area contributed by atoms with Crippen molar-refractivity contribution in [1.29, 1.82) is 5.26 Å². The van der Waals surface area contributed by atoms with Crippen LogP contribution in [-0.4, -0.2) is 41.3 Å². The molecule has 0 unspecified atom stereocenters. The van der Waals surface area contributed by atoms with Crippen molar-refractivity contribution in [2.45, 2.75) is 26.2 Å². The number of ether oxygens (including phenoxy) is 1. The second-order valence-corrected chi connectivity index (χ2v) is 6.44. The van der Waals surface area contributed by atoms with Crippen LogP contribution in [0.25, 0.3) is 16.6 Å². The van der Waals surface area contributed by atoms with Gasteiger partial charge in [-0.25, -0.2) is 9.50 Å². The van der Waals surface area contributed by atoms with Gasteiger partial charge in [-0.15, -0.1) is 0 Å². The monoisotopic (exact) mass is 378 g/mol. The van der Waals surface area contributed by atoms with Crippen molar-refractivity contribution in [3.05, 3.63) is 42.4 Å². The van der Waals surface area contributed by atoms with Crippen LogP contribution in [0.15, 0.2) is 36.8 Å². The Bertz CT molecular complexity index is 951. The third-order valence-electron chi connectivity index (χ3n) is 4.76. The van der Waals surface area contributed by atoms with Gasteiger partial charge in [-0.3, -0.25) is 0 Å². The number of anilines is 1. The first kappa shape index (κ1) is 19.6. The van der Waals surface area contributed by atoms with Gasteiger partial charge in [0, 0.05) is 30.4 Å². The lowest BCUT2D eigenvalue weighted by Crippen LogP contribution is -2.29. The molecule has 0 radical (unpaired) electrons. The summed E-state index contributed by atoms with van der Waals surface area (Å²) in [6.45, 7) is 4.65. The molecule has 2 N–H and O–H groups in total. The molecular formula is C21H26N6O. The predicted octanol–water partition coefficient (Wildman–Crippen LogP) is 3.23. The number of pyridine rings is 2. The maximum absolute atomic E-state index is 9.43. The number of nitriles is 1. The van der Waals surface area contributed by atoms with E-state index < -0.39 is 0 Å². The highest BCUT2D eigenvalue weighted by Crippen LogP contribution is 2.31. The Morgan fingerprint density at radius 2 is 1.96 bits per heavy atom. The van der Waals surface area contributed by atoms with E-state index in [4.69, 9.17) is 4.74 Å². The van der Waals surface area contributed by atoms with Gasteiger partial charge in [0.2, 0.25) is 0 Å². The average Bonchev–Trinajstić information content (AvgIpc) is 3.19. The molecule has 1 fully saturated rings. The van der Waals surface area contributed by atoms with Crippen LogP contribution in [0.5, 0.6) is 5.75 Å². The zero-order chi connectivity index (χ0) is 19.9. The summed E-state index contributed by atoms with van der Waals surface area (Å²) in [5, 5.41) is 13.7. The normalized spacial score (nSPS) is 13.6. The van der Waals surface area contributed by atoms with Crippen molar-refractivity contribution in [3.8, 4) is 22.9 Å². The van der Waals surface area contributed by atoms with Crippen molar-refractivity contribution in [2.75, 3.05) is 31.6 Å². The van der Waals surface area contributed by atoms with Crippen molar-refractivity contribution < 1.29 is 4.74 Å². The fourth-order valence-corrected chi connectivity index (χ4v) is 3.50. The smallest absolute Gasteiger partial charge is 0.138 e. The van der Waals surface area contributed by atoms with Gasteiger partial charge in [0.1, 0.15) is 17.6 Å². The Hall–Kier alpha value is -3.11. The van der Waals surface area contributed by atoms with Crippen LogP contribution < -0.4 is 15.4 Å². The first-order valence-corrected chi connectivity index (χ1v) is 9.63. The Morgan fingerprint density at radius 3 is 2.61 bits per heavy atom. The summed E-state index contributed by atoms with van der Waals surface area (Å²) in [5.41, 5.74) is 7.68. The molecule has 0 aliphatic carbocycles. The summed E-state index contributed by atoms with van der Waals surface area (Å²) in [4.78, 5) is 7.01. The summed E-state index contributed by atoms with van der Waals surface area (Å²) in [6.07, 6.45) is 9.02. The molecule has 0 saturated carbocycles. The molecule has 1 aliphatic rings. The molecular weight excluding hydrogens is 352 g/mol. The highest BCUT2D eigenvalue weighted by atomic mass is 16.5. The second kappa shape index (κ2) is 9.20. The topological polar surface area (TPSA) is 92.5 Å². The minimum absolute atomic E-state index is 0.545. The molecule has 4 rings (SSSR count). The highest BCUT2D eigenvalue weighted by Gasteiger charge is 2.15. The molecule has 3 aromatic rings. The molecule has 28 heavy (non-hydrogen) atoms. The fourth-order valence-electron chi connectivity index (χ4n) is 3.50. The fraction of sp³-hybridized carbons (Fsp3) is 0.381. The summed E-state index contributed by atoms with van der Waals surface area (Å²) < 4.78 is 7.37. The quantitative estimate of drug-likeness (QED) is 0.749. The standard InChI is InChI=1S/C20H21N5O.CH5N/c1-2-26-17-10-18(20-16(11-21)13-23-25(20)14-17)15-6-7-19(22-12-15)24-8-4-3-5-9-24;1-2/h6-7,10,12-14H,2-5,8-9H2,1H3;2H2,1H3. The predicted molar refractivity (Wildman–Crippen MR) is 110 cm³/mol. The molecule has 1 aliphatic heterocycles. The number of nitrogens with two attached hydrogens (primary N) is 1. The zero-order valence-electron chi connectivity index (χ0n) is 16.4. The molecule has 7 heteroatoms. The average molecular weight is 378 g/mol. The third-order valence-corrected chi connectivity index (χ3v) is 4.76. The van der Waals surface area contributed by atoms with Gasteiger partial charge >= 0.3 is 0 Å². The van der Waals surface area contributed by atoms with E-state index in [1.165, 1.54) is 26.3 Å². The number of fused-ring (bicyclic) bond motifs is 1. The van der Waals surface area contributed by atoms with Crippen LogP contribution >= 0.6 is 0 Å². The number of piperidine rings is 1. The number of aromatic nitrogens is 3. The summed E-state index contributed by atoms with van der Waals surface area (Å²) >= 11 is 0. The second-order valence-electron chi connectivity index (χ2n) is 6.44. The van der Waals surface area contributed by atoms with E-state index in [0.29, 0.717) is 12.2 Å². The first-order chi connectivity index (χ1) is 13.8. The van der Waals surface area contributed by atoms with Gasteiger partial charge in [0.15, 0.2) is 0 Å². The summed E-state index contributed by atoms with van der Waals surface area (Å²) in [5.74, 6) is 1.74. The molecule has 0 bridgehead atoms. The number of hydrogen-bond donors (Lipinski definition) is 1. The Morgan fingerprint density at radius 1 is 1.18 bits per heavy atom. The van der Waals surface area contributed by atoms with E-state index in [1.807, 2.05) is 19.2 Å². The van der Waals surface area contributed by atoms with E-state index in [-0.39, 0.29) is 0 Å². The van der Waals surface area contributed by atoms with E-state index in [1.54, 1.807) is 16.9 Å². The van der Waals surface area contributed by atoms with E-state index in [0.717, 1.165) is 41.3 Å². The minimum atomic E-state index is 0.545. The SMILES string of the molecule is CCOc1cc(-c2ccc(N3CCCCC3)nc2)c2c(C#N)cnn2c1.CN. The van der Waals surface area contributed by atoms with Crippen LogP contribution in [0.4, 0.5) is 5.82 Å². The molecule has 0 spiro atoms. The minimum Gasteiger partial charge on any atom is -0.492 e. The van der Waals surface area contributed by atoms with Gasteiger partial charge in [-0.1, -0.05) is 0 Å². The lowest BCUT2D eigenvalue weighted by Gasteiger charge is -2.27.